The lowest BCUT2D eigenvalue weighted by molar-refractivity contribution is -0.107. The average molecular weight is 342 g/mol. The zero-order valence-corrected chi connectivity index (χ0v) is 12.7. The molecule has 1 heterocycles. The highest BCUT2D eigenvalue weighted by Gasteiger charge is 2.44. The topological polar surface area (TPSA) is 82.5 Å². The molecule has 20 heavy (non-hydrogen) atoms. The number of aromatic nitrogens is 1. The van der Waals surface area contributed by atoms with Crippen molar-refractivity contribution < 1.29 is 14.7 Å². The first-order valence-electron chi connectivity index (χ1n) is 6.27. The second kappa shape index (κ2) is 5.78. The Morgan fingerprint density at radius 3 is 2.85 bits per heavy atom. The minimum atomic E-state index is -1.03. The quantitative estimate of drug-likeness (QED) is 0.776. The molecule has 2 amide bonds. The summed E-state index contributed by atoms with van der Waals surface area (Å²) in [6, 6.07) is 1.84. The van der Waals surface area contributed by atoms with Crippen LogP contribution in [0, 0.1) is 12.3 Å². The lowest BCUT2D eigenvalue weighted by Gasteiger charge is -2.24. The highest BCUT2D eigenvalue weighted by atomic mass is 79.9. The molecule has 1 aromatic heterocycles. The number of aryl methyl sites for hydroxylation is 1. The minimum Gasteiger partial charge on any atom is -0.465 e. The van der Waals surface area contributed by atoms with Gasteiger partial charge < -0.3 is 15.3 Å². The molecule has 0 bridgehead atoms. The highest BCUT2D eigenvalue weighted by molar-refractivity contribution is 9.10. The molecule has 0 aromatic carbocycles. The molecule has 1 aromatic rings. The summed E-state index contributed by atoms with van der Waals surface area (Å²) in [6.07, 6.45) is 3.21. The number of hydrogen-bond acceptors (Lipinski definition) is 3. The van der Waals surface area contributed by atoms with Gasteiger partial charge in [-0.2, -0.15) is 0 Å². The van der Waals surface area contributed by atoms with Crippen LogP contribution in [0.2, 0.25) is 0 Å². The van der Waals surface area contributed by atoms with Crippen molar-refractivity contribution in [2.45, 2.75) is 19.8 Å². The third-order valence-electron chi connectivity index (χ3n) is 3.55. The van der Waals surface area contributed by atoms with Gasteiger partial charge in [0.2, 0.25) is 6.41 Å². The third-order valence-corrected chi connectivity index (χ3v) is 4.35. The van der Waals surface area contributed by atoms with E-state index < -0.39 is 6.09 Å². The van der Waals surface area contributed by atoms with Gasteiger partial charge in [-0.3, -0.25) is 9.78 Å². The highest BCUT2D eigenvalue weighted by Crippen LogP contribution is 2.46. The molecule has 1 aliphatic carbocycles. The van der Waals surface area contributed by atoms with Crippen LogP contribution < -0.4 is 10.2 Å². The van der Waals surface area contributed by atoms with E-state index in [-0.39, 0.29) is 5.41 Å². The lowest BCUT2D eigenvalue weighted by Crippen LogP contribution is -2.37. The maximum atomic E-state index is 11.3. The van der Waals surface area contributed by atoms with Crippen LogP contribution in [-0.2, 0) is 4.79 Å². The van der Waals surface area contributed by atoms with Gasteiger partial charge in [0.15, 0.2) is 0 Å². The summed E-state index contributed by atoms with van der Waals surface area (Å²) in [6.45, 7) is 2.74. The summed E-state index contributed by atoms with van der Waals surface area (Å²) >= 11 is 3.39. The number of carbonyl (C=O) groups is 2. The number of halogens is 1. The Morgan fingerprint density at radius 2 is 2.35 bits per heavy atom. The summed E-state index contributed by atoms with van der Waals surface area (Å²) in [5.74, 6) is 0. The van der Waals surface area contributed by atoms with Crippen LogP contribution in [0.1, 0.15) is 18.5 Å². The van der Waals surface area contributed by atoms with E-state index in [0.717, 1.165) is 29.4 Å². The fourth-order valence-electron chi connectivity index (χ4n) is 2.03. The van der Waals surface area contributed by atoms with Crippen LogP contribution in [0.25, 0.3) is 0 Å². The fourth-order valence-corrected chi connectivity index (χ4v) is 2.37. The Labute approximate surface area is 125 Å². The van der Waals surface area contributed by atoms with Gasteiger partial charge in [0.25, 0.3) is 0 Å². The van der Waals surface area contributed by atoms with E-state index >= 15 is 0 Å². The van der Waals surface area contributed by atoms with Gasteiger partial charge in [-0.15, -0.1) is 0 Å². The van der Waals surface area contributed by atoms with Crippen LogP contribution in [0.15, 0.2) is 16.7 Å². The van der Waals surface area contributed by atoms with E-state index in [0.29, 0.717) is 18.8 Å². The van der Waals surface area contributed by atoms with Crippen molar-refractivity contribution in [1.29, 1.82) is 0 Å². The SMILES string of the molecule is Cc1ncc(N(C=O)CC2(CNC(=O)O)CC2)cc1Br. The maximum absolute atomic E-state index is 11.3. The van der Waals surface area contributed by atoms with Crippen molar-refractivity contribution in [2.75, 3.05) is 18.0 Å². The van der Waals surface area contributed by atoms with Crippen molar-refractivity contribution in [1.82, 2.24) is 10.3 Å². The normalized spacial score (nSPS) is 15.5. The molecule has 0 atom stereocenters. The number of anilines is 1. The summed E-state index contributed by atoms with van der Waals surface area (Å²) in [5, 5.41) is 11.1. The van der Waals surface area contributed by atoms with E-state index in [1.54, 1.807) is 11.1 Å². The van der Waals surface area contributed by atoms with Crippen LogP contribution in [0.4, 0.5) is 10.5 Å². The van der Waals surface area contributed by atoms with Gasteiger partial charge in [-0.1, -0.05) is 0 Å². The molecule has 2 rings (SSSR count). The molecule has 0 spiro atoms. The molecule has 0 unspecified atom stereocenters. The molecule has 7 heteroatoms. The summed E-state index contributed by atoms with van der Waals surface area (Å²) < 4.78 is 0.843. The molecule has 0 aliphatic heterocycles. The second-order valence-corrected chi connectivity index (χ2v) is 6.01. The zero-order valence-electron chi connectivity index (χ0n) is 11.1. The number of hydrogen-bond donors (Lipinski definition) is 2. The van der Waals surface area contributed by atoms with Gasteiger partial charge in [0.1, 0.15) is 0 Å². The number of carboxylic acid groups (broad SMARTS) is 1. The Kier molecular flexibility index (Phi) is 4.27. The fraction of sp³-hybridized carbons (Fsp3) is 0.462. The number of amides is 2. The van der Waals surface area contributed by atoms with Gasteiger partial charge >= 0.3 is 6.09 Å². The Balaban J connectivity index is 2.07. The summed E-state index contributed by atoms with van der Waals surface area (Å²) in [7, 11) is 0. The minimum absolute atomic E-state index is 0.142. The zero-order chi connectivity index (χ0) is 14.8. The first kappa shape index (κ1) is 14.8. The molecule has 108 valence electrons. The van der Waals surface area contributed by atoms with E-state index in [4.69, 9.17) is 5.11 Å². The van der Waals surface area contributed by atoms with Gasteiger partial charge in [0, 0.05) is 23.0 Å². The third kappa shape index (κ3) is 3.47. The van der Waals surface area contributed by atoms with Crippen LogP contribution >= 0.6 is 15.9 Å². The first-order valence-corrected chi connectivity index (χ1v) is 7.06. The standard InChI is InChI=1S/C13H16BrN3O3/c1-9-11(14)4-10(5-15-9)17(8-18)7-13(2-3-13)6-16-12(19)20/h4-5,8,16H,2-3,6-7H2,1H3,(H,19,20). The second-order valence-electron chi connectivity index (χ2n) is 5.15. The number of rotatable bonds is 6. The molecule has 0 saturated heterocycles. The molecule has 2 N–H and O–H groups in total. The molecular weight excluding hydrogens is 326 g/mol. The molecule has 1 aliphatic rings. The summed E-state index contributed by atoms with van der Waals surface area (Å²) in [5.41, 5.74) is 1.42. The summed E-state index contributed by atoms with van der Waals surface area (Å²) in [4.78, 5) is 27.7. The van der Waals surface area contributed by atoms with Crippen molar-refractivity contribution in [3.63, 3.8) is 0 Å². The monoisotopic (exact) mass is 341 g/mol. The predicted octanol–water partition coefficient (Wildman–Crippen LogP) is 2.16. The van der Waals surface area contributed by atoms with E-state index in [1.807, 2.05) is 13.0 Å². The van der Waals surface area contributed by atoms with E-state index in [9.17, 15) is 9.59 Å². The molecule has 0 radical (unpaired) electrons. The molecular formula is C13H16BrN3O3. The number of carbonyl (C=O) groups excluding carboxylic acids is 1. The smallest absolute Gasteiger partial charge is 0.404 e. The number of nitrogens with one attached hydrogen (secondary N) is 1. The van der Waals surface area contributed by atoms with Crippen molar-refractivity contribution in [2.24, 2.45) is 5.41 Å². The Morgan fingerprint density at radius 1 is 1.65 bits per heavy atom. The Bertz CT molecular complexity index is 532. The van der Waals surface area contributed by atoms with Gasteiger partial charge in [0.05, 0.1) is 17.6 Å². The molecule has 1 saturated carbocycles. The van der Waals surface area contributed by atoms with Crippen molar-refractivity contribution in [3.8, 4) is 0 Å². The van der Waals surface area contributed by atoms with Crippen LogP contribution in [0.5, 0.6) is 0 Å². The maximum Gasteiger partial charge on any atom is 0.404 e. The molecule has 1 fully saturated rings. The first-order chi connectivity index (χ1) is 9.46. The van der Waals surface area contributed by atoms with Crippen LogP contribution in [-0.4, -0.2) is 35.7 Å². The predicted molar refractivity (Wildman–Crippen MR) is 77.8 cm³/mol. The largest absolute Gasteiger partial charge is 0.465 e. The van der Waals surface area contributed by atoms with Gasteiger partial charge in [-0.25, -0.2) is 4.79 Å². The average Bonchev–Trinajstić information content (AvgIpc) is 3.18. The molecule has 6 nitrogen and oxygen atoms in total. The van der Waals surface area contributed by atoms with Crippen LogP contribution in [0.3, 0.4) is 0 Å². The van der Waals surface area contributed by atoms with E-state index in [2.05, 4.69) is 26.2 Å². The van der Waals surface area contributed by atoms with Crippen molar-refractivity contribution >= 4 is 34.1 Å². The number of nitrogens with zero attached hydrogens (tertiary/aromatic N) is 2. The lowest BCUT2D eigenvalue weighted by atomic mass is 10.1. The van der Waals surface area contributed by atoms with Crippen molar-refractivity contribution in [3.05, 3.63) is 22.4 Å². The number of pyridine rings is 1. The van der Waals surface area contributed by atoms with Gasteiger partial charge in [-0.05, 0) is 41.8 Å². The van der Waals surface area contributed by atoms with E-state index in [1.165, 1.54) is 0 Å². The Hall–Kier alpha value is -1.63.